The van der Waals surface area contributed by atoms with Gasteiger partial charge in [0, 0.05) is 5.56 Å². The van der Waals surface area contributed by atoms with Crippen LogP contribution < -0.4 is 19.6 Å². The summed E-state index contributed by atoms with van der Waals surface area (Å²) in [5, 5.41) is 2.31. The van der Waals surface area contributed by atoms with Crippen molar-refractivity contribution in [1.29, 1.82) is 0 Å². The molecule has 6 nitrogen and oxygen atoms in total. The van der Waals surface area contributed by atoms with Crippen LogP contribution in [0.15, 0.2) is 112 Å². The molecule has 42 heavy (non-hydrogen) atoms. The Morgan fingerprint density at radius 2 is 1.69 bits per heavy atom. The molecule has 0 amide bonds. The van der Waals surface area contributed by atoms with E-state index in [-0.39, 0.29) is 12.2 Å². The van der Waals surface area contributed by atoms with Gasteiger partial charge in [0.05, 0.1) is 28.5 Å². The molecule has 0 radical (unpaired) electrons. The maximum Gasteiger partial charge on any atom is 0.338 e. The van der Waals surface area contributed by atoms with Crippen LogP contribution in [0.2, 0.25) is 0 Å². The van der Waals surface area contributed by atoms with Crippen molar-refractivity contribution in [2.24, 2.45) is 4.99 Å². The highest BCUT2D eigenvalue weighted by atomic mass is 32.1. The molecule has 1 aromatic heterocycles. The number of rotatable bonds is 7. The molecule has 0 saturated heterocycles. The first-order chi connectivity index (χ1) is 20.4. The minimum absolute atomic E-state index is 0.220. The van der Waals surface area contributed by atoms with Gasteiger partial charge in [-0.25, -0.2) is 9.79 Å². The predicted octanol–water partition coefficient (Wildman–Crippen LogP) is 5.84. The number of esters is 1. The van der Waals surface area contributed by atoms with Crippen LogP contribution in [0, 0.1) is 6.92 Å². The lowest BCUT2D eigenvalue weighted by atomic mass is 9.95. The Kier molecular flexibility index (Phi) is 7.59. The molecule has 1 aliphatic rings. The number of carbonyl (C=O) groups excluding carboxylic acids is 1. The van der Waals surface area contributed by atoms with Crippen molar-refractivity contribution in [2.45, 2.75) is 33.4 Å². The third-order valence-electron chi connectivity index (χ3n) is 7.38. The quantitative estimate of drug-likeness (QED) is 0.229. The lowest BCUT2D eigenvalue weighted by molar-refractivity contribution is -0.139. The Balaban J connectivity index is 1.42. The minimum Gasteiger partial charge on any atom is -0.488 e. The van der Waals surface area contributed by atoms with Gasteiger partial charge in [-0.05, 0) is 54.8 Å². The average Bonchev–Trinajstić information content (AvgIpc) is 3.30. The van der Waals surface area contributed by atoms with E-state index in [2.05, 4.69) is 29.3 Å². The molecule has 1 atom stereocenters. The standard InChI is InChI=1S/C35H30N2O4S/c1-4-40-34(39)31-23(3)36-35-37(32(31)25-18-16-22(2)17-19-25)33(38)30(42-35)20-26-11-6-8-15-29(26)41-21-27-13-9-12-24-10-5-7-14-28(24)27/h5-20,32H,4,21H2,1-3H3/b30-20-/t32-/m0/s1. The van der Waals surface area contributed by atoms with Crippen LogP contribution in [-0.4, -0.2) is 17.1 Å². The molecule has 0 fully saturated rings. The van der Waals surface area contributed by atoms with Crippen LogP contribution in [-0.2, 0) is 16.1 Å². The predicted molar refractivity (Wildman–Crippen MR) is 166 cm³/mol. The number of nitrogens with zero attached hydrogens (tertiary/aromatic N) is 2. The smallest absolute Gasteiger partial charge is 0.338 e. The van der Waals surface area contributed by atoms with Gasteiger partial charge in [0.25, 0.3) is 5.56 Å². The minimum atomic E-state index is -0.638. The molecule has 6 rings (SSSR count). The molecule has 4 aromatic carbocycles. The van der Waals surface area contributed by atoms with Gasteiger partial charge < -0.3 is 9.47 Å². The van der Waals surface area contributed by atoms with Gasteiger partial charge in [0.2, 0.25) is 0 Å². The fourth-order valence-corrected chi connectivity index (χ4v) is 6.34. The fraction of sp³-hybridized carbons (Fsp3) is 0.171. The molecule has 0 saturated carbocycles. The molecule has 0 aliphatic carbocycles. The first kappa shape index (κ1) is 27.4. The van der Waals surface area contributed by atoms with Gasteiger partial charge in [-0.2, -0.15) is 0 Å². The van der Waals surface area contributed by atoms with Gasteiger partial charge in [-0.1, -0.05) is 102 Å². The Hall–Kier alpha value is -4.75. The topological polar surface area (TPSA) is 69.9 Å². The number of benzene rings is 4. The molecule has 2 heterocycles. The average molecular weight is 575 g/mol. The van der Waals surface area contributed by atoms with Crippen LogP contribution >= 0.6 is 11.3 Å². The summed E-state index contributed by atoms with van der Waals surface area (Å²) in [5.41, 5.74) is 4.49. The number of para-hydroxylation sites is 1. The Labute approximate surface area is 247 Å². The lowest BCUT2D eigenvalue weighted by Crippen LogP contribution is -2.39. The van der Waals surface area contributed by atoms with Gasteiger partial charge >= 0.3 is 5.97 Å². The summed E-state index contributed by atoms with van der Waals surface area (Å²) >= 11 is 1.30. The SMILES string of the molecule is CCOC(=O)C1=C(C)N=c2s/c(=C\c3ccccc3OCc3cccc4ccccc34)c(=O)n2[C@H]1c1ccc(C)cc1. The van der Waals surface area contributed by atoms with Crippen molar-refractivity contribution in [3.8, 4) is 5.75 Å². The van der Waals surface area contributed by atoms with Crippen molar-refractivity contribution >= 4 is 34.2 Å². The molecule has 0 spiro atoms. The first-order valence-electron chi connectivity index (χ1n) is 13.9. The largest absolute Gasteiger partial charge is 0.488 e. The van der Waals surface area contributed by atoms with Crippen molar-refractivity contribution < 1.29 is 14.3 Å². The molecule has 7 heteroatoms. The molecular formula is C35H30N2O4S. The second kappa shape index (κ2) is 11.6. The van der Waals surface area contributed by atoms with Gasteiger partial charge in [0.15, 0.2) is 4.80 Å². The summed E-state index contributed by atoms with van der Waals surface area (Å²) in [6.45, 7) is 6.19. The highest BCUT2D eigenvalue weighted by Crippen LogP contribution is 2.31. The van der Waals surface area contributed by atoms with Crippen LogP contribution in [0.1, 0.15) is 42.1 Å². The highest BCUT2D eigenvalue weighted by molar-refractivity contribution is 7.07. The van der Waals surface area contributed by atoms with E-state index < -0.39 is 12.0 Å². The van der Waals surface area contributed by atoms with Crippen LogP contribution in [0.5, 0.6) is 5.75 Å². The molecule has 1 aliphatic heterocycles. The van der Waals surface area contributed by atoms with Crippen molar-refractivity contribution in [2.75, 3.05) is 6.61 Å². The third kappa shape index (κ3) is 5.19. The summed E-state index contributed by atoms with van der Waals surface area (Å²) in [4.78, 5) is 32.3. The summed E-state index contributed by atoms with van der Waals surface area (Å²) in [6.07, 6.45) is 1.85. The zero-order chi connectivity index (χ0) is 29.2. The van der Waals surface area contributed by atoms with E-state index in [1.165, 1.54) is 11.3 Å². The molecule has 210 valence electrons. The number of hydrogen-bond acceptors (Lipinski definition) is 6. The lowest BCUT2D eigenvalue weighted by Gasteiger charge is -2.24. The summed E-state index contributed by atoms with van der Waals surface area (Å²) in [7, 11) is 0. The van der Waals surface area contributed by atoms with E-state index in [9.17, 15) is 9.59 Å². The monoisotopic (exact) mass is 574 g/mol. The van der Waals surface area contributed by atoms with Crippen molar-refractivity contribution in [3.05, 3.63) is 144 Å². The van der Waals surface area contributed by atoms with Crippen LogP contribution in [0.25, 0.3) is 16.8 Å². The van der Waals surface area contributed by atoms with E-state index in [4.69, 9.17) is 9.47 Å². The van der Waals surface area contributed by atoms with Gasteiger partial charge in [-0.15, -0.1) is 0 Å². The maximum absolute atomic E-state index is 14.0. The molecule has 0 unspecified atom stereocenters. The van der Waals surface area contributed by atoms with Crippen molar-refractivity contribution in [1.82, 2.24) is 4.57 Å². The third-order valence-corrected chi connectivity index (χ3v) is 8.36. The number of fused-ring (bicyclic) bond motifs is 2. The summed E-state index contributed by atoms with van der Waals surface area (Å²) in [5.74, 6) is 0.209. The highest BCUT2D eigenvalue weighted by Gasteiger charge is 2.33. The number of aryl methyl sites for hydroxylation is 1. The number of aromatic nitrogens is 1. The van der Waals surface area contributed by atoms with Gasteiger partial charge in [-0.3, -0.25) is 9.36 Å². The number of carbonyl (C=O) groups is 1. The fourth-order valence-electron chi connectivity index (χ4n) is 5.30. The Bertz CT molecular complexity index is 2010. The van der Waals surface area contributed by atoms with Gasteiger partial charge in [0.1, 0.15) is 12.4 Å². The molecule has 5 aromatic rings. The number of hydrogen-bond donors (Lipinski definition) is 0. The second-order valence-corrected chi connectivity index (χ2v) is 11.2. The number of ether oxygens (including phenoxy) is 2. The zero-order valence-electron chi connectivity index (χ0n) is 23.7. The second-order valence-electron chi connectivity index (χ2n) is 10.2. The van der Waals surface area contributed by atoms with E-state index >= 15 is 0 Å². The molecular weight excluding hydrogens is 544 g/mol. The number of allylic oxidation sites excluding steroid dienone is 1. The maximum atomic E-state index is 14.0. The zero-order valence-corrected chi connectivity index (χ0v) is 24.5. The van der Waals surface area contributed by atoms with E-state index in [0.717, 1.165) is 33.0 Å². The van der Waals surface area contributed by atoms with Crippen molar-refractivity contribution in [3.63, 3.8) is 0 Å². The van der Waals surface area contributed by atoms with Crippen LogP contribution in [0.3, 0.4) is 0 Å². The summed E-state index contributed by atoms with van der Waals surface area (Å²) < 4.78 is 13.8. The Morgan fingerprint density at radius 1 is 0.952 bits per heavy atom. The summed E-state index contributed by atoms with van der Waals surface area (Å²) in [6, 6.07) is 29.3. The Morgan fingerprint density at radius 3 is 2.50 bits per heavy atom. The first-order valence-corrected chi connectivity index (χ1v) is 14.7. The van der Waals surface area contributed by atoms with E-state index in [0.29, 0.717) is 33.0 Å². The van der Waals surface area contributed by atoms with E-state index in [1.807, 2.05) is 79.7 Å². The van der Waals surface area contributed by atoms with Crippen LogP contribution in [0.4, 0.5) is 0 Å². The molecule has 0 N–H and O–H groups in total. The van der Waals surface area contributed by atoms with E-state index in [1.54, 1.807) is 18.4 Å². The number of thiazole rings is 1. The molecule has 0 bridgehead atoms. The normalized spacial score (nSPS) is 14.9.